The van der Waals surface area contributed by atoms with Crippen LogP contribution in [0.1, 0.15) is 31.1 Å². The standard InChI is InChI=1S/C16H28N4S.HI/c1-4-20-8-7-14(12-20)11-19-16(17-3)18-10-13(2)15-6-5-9-21-15;/h5-6,9,13-14H,4,7-8,10-12H2,1-3H3,(H2,17,18,19);1H. The van der Waals surface area contributed by atoms with Gasteiger partial charge in [0.25, 0.3) is 0 Å². The highest BCUT2D eigenvalue weighted by atomic mass is 127. The third-order valence-corrected chi connectivity index (χ3v) is 5.31. The predicted octanol–water partition coefficient (Wildman–Crippen LogP) is 2.98. The fraction of sp³-hybridized carbons (Fsp3) is 0.688. The molecule has 2 unspecified atom stereocenters. The van der Waals surface area contributed by atoms with E-state index in [9.17, 15) is 0 Å². The molecule has 0 radical (unpaired) electrons. The molecule has 0 saturated carbocycles. The average molecular weight is 436 g/mol. The smallest absolute Gasteiger partial charge is 0.191 e. The molecule has 2 rings (SSSR count). The quantitative estimate of drug-likeness (QED) is 0.409. The molecule has 2 N–H and O–H groups in total. The molecule has 0 aromatic carbocycles. The summed E-state index contributed by atoms with van der Waals surface area (Å²) in [4.78, 5) is 8.26. The first-order valence-corrected chi connectivity index (χ1v) is 8.81. The van der Waals surface area contributed by atoms with Crippen molar-refractivity contribution in [1.29, 1.82) is 0 Å². The van der Waals surface area contributed by atoms with E-state index < -0.39 is 0 Å². The zero-order chi connectivity index (χ0) is 15.1. The first kappa shape index (κ1) is 19.7. The fourth-order valence-corrected chi connectivity index (χ4v) is 3.54. The zero-order valence-electron chi connectivity index (χ0n) is 13.8. The fourth-order valence-electron chi connectivity index (χ4n) is 2.75. The number of guanidine groups is 1. The summed E-state index contributed by atoms with van der Waals surface area (Å²) in [6, 6.07) is 4.31. The maximum atomic E-state index is 4.33. The summed E-state index contributed by atoms with van der Waals surface area (Å²) in [6.45, 7) is 10.1. The van der Waals surface area contributed by atoms with Crippen LogP contribution in [0.15, 0.2) is 22.5 Å². The van der Waals surface area contributed by atoms with Crippen LogP contribution in [0.25, 0.3) is 0 Å². The molecule has 22 heavy (non-hydrogen) atoms. The molecule has 1 fully saturated rings. The summed E-state index contributed by atoms with van der Waals surface area (Å²) in [6.07, 6.45) is 1.30. The van der Waals surface area contributed by atoms with E-state index in [2.05, 4.69) is 51.9 Å². The lowest BCUT2D eigenvalue weighted by Crippen LogP contribution is -2.41. The number of nitrogens with one attached hydrogen (secondary N) is 2. The highest BCUT2D eigenvalue weighted by molar-refractivity contribution is 14.0. The zero-order valence-corrected chi connectivity index (χ0v) is 17.0. The van der Waals surface area contributed by atoms with Crippen molar-refractivity contribution in [3.05, 3.63) is 22.4 Å². The summed E-state index contributed by atoms with van der Waals surface area (Å²) in [7, 11) is 1.85. The Bertz CT molecular complexity index is 435. The van der Waals surface area contributed by atoms with Crippen molar-refractivity contribution in [3.63, 3.8) is 0 Å². The minimum atomic E-state index is 0. The monoisotopic (exact) mass is 436 g/mol. The molecule has 1 aromatic rings. The summed E-state index contributed by atoms with van der Waals surface area (Å²) < 4.78 is 0. The molecule has 1 aromatic heterocycles. The Kier molecular flexibility index (Phi) is 9.35. The molecule has 126 valence electrons. The second-order valence-electron chi connectivity index (χ2n) is 5.80. The van der Waals surface area contributed by atoms with E-state index >= 15 is 0 Å². The van der Waals surface area contributed by atoms with Crippen molar-refractivity contribution >= 4 is 41.3 Å². The van der Waals surface area contributed by atoms with Gasteiger partial charge in [-0.05, 0) is 36.9 Å². The highest BCUT2D eigenvalue weighted by Gasteiger charge is 2.21. The lowest BCUT2D eigenvalue weighted by molar-refractivity contribution is 0.342. The number of rotatable bonds is 6. The molecular formula is C16H29IN4S. The van der Waals surface area contributed by atoms with Crippen LogP contribution >= 0.6 is 35.3 Å². The molecule has 0 bridgehead atoms. The molecular weight excluding hydrogens is 407 g/mol. The van der Waals surface area contributed by atoms with Gasteiger partial charge in [0.1, 0.15) is 0 Å². The first-order valence-electron chi connectivity index (χ1n) is 7.93. The van der Waals surface area contributed by atoms with E-state index in [1.165, 1.54) is 30.9 Å². The lowest BCUT2D eigenvalue weighted by Gasteiger charge is -2.18. The minimum Gasteiger partial charge on any atom is -0.356 e. The van der Waals surface area contributed by atoms with Crippen LogP contribution in [0.3, 0.4) is 0 Å². The predicted molar refractivity (Wildman–Crippen MR) is 108 cm³/mol. The van der Waals surface area contributed by atoms with Crippen molar-refractivity contribution in [3.8, 4) is 0 Å². The Morgan fingerprint density at radius 3 is 2.91 bits per heavy atom. The Labute approximate surface area is 155 Å². The molecule has 1 aliphatic rings. The van der Waals surface area contributed by atoms with Crippen molar-refractivity contribution < 1.29 is 0 Å². The van der Waals surface area contributed by atoms with Crippen LogP contribution in [0.5, 0.6) is 0 Å². The van der Waals surface area contributed by atoms with Gasteiger partial charge in [0, 0.05) is 37.5 Å². The van der Waals surface area contributed by atoms with Gasteiger partial charge >= 0.3 is 0 Å². The second kappa shape index (κ2) is 10.4. The molecule has 0 spiro atoms. The molecule has 2 heterocycles. The van der Waals surface area contributed by atoms with Gasteiger partial charge in [-0.2, -0.15) is 0 Å². The third-order valence-electron chi connectivity index (χ3n) is 4.20. The van der Waals surface area contributed by atoms with E-state index in [0.29, 0.717) is 5.92 Å². The van der Waals surface area contributed by atoms with Gasteiger partial charge in [-0.3, -0.25) is 4.99 Å². The van der Waals surface area contributed by atoms with Crippen molar-refractivity contribution in [2.45, 2.75) is 26.2 Å². The summed E-state index contributed by atoms with van der Waals surface area (Å²) in [5, 5.41) is 9.05. The van der Waals surface area contributed by atoms with Gasteiger partial charge < -0.3 is 15.5 Å². The largest absolute Gasteiger partial charge is 0.356 e. The number of thiophene rings is 1. The highest BCUT2D eigenvalue weighted by Crippen LogP contribution is 2.19. The number of likely N-dealkylation sites (tertiary alicyclic amines) is 1. The molecule has 1 aliphatic heterocycles. The molecule has 4 nitrogen and oxygen atoms in total. The second-order valence-corrected chi connectivity index (χ2v) is 6.78. The van der Waals surface area contributed by atoms with Crippen LogP contribution in [0.4, 0.5) is 0 Å². The normalized spacial score (nSPS) is 20.5. The molecule has 2 atom stereocenters. The number of hydrogen-bond donors (Lipinski definition) is 2. The molecule has 1 saturated heterocycles. The maximum absolute atomic E-state index is 4.33. The number of nitrogens with zero attached hydrogens (tertiary/aromatic N) is 2. The van der Waals surface area contributed by atoms with Crippen molar-refractivity contribution in [2.24, 2.45) is 10.9 Å². The summed E-state index contributed by atoms with van der Waals surface area (Å²) >= 11 is 1.82. The van der Waals surface area contributed by atoms with E-state index in [-0.39, 0.29) is 24.0 Å². The van der Waals surface area contributed by atoms with Gasteiger partial charge in [-0.25, -0.2) is 0 Å². The lowest BCUT2D eigenvalue weighted by atomic mass is 10.1. The van der Waals surface area contributed by atoms with Gasteiger partial charge in [0.05, 0.1) is 0 Å². The van der Waals surface area contributed by atoms with Crippen LogP contribution in [-0.4, -0.2) is 50.6 Å². The van der Waals surface area contributed by atoms with Crippen LogP contribution < -0.4 is 10.6 Å². The Morgan fingerprint density at radius 2 is 2.32 bits per heavy atom. The van der Waals surface area contributed by atoms with Gasteiger partial charge in [-0.15, -0.1) is 35.3 Å². The van der Waals surface area contributed by atoms with Crippen molar-refractivity contribution in [1.82, 2.24) is 15.5 Å². The summed E-state index contributed by atoms with van der Waals surface area (Å²) in [5.41, 5.74) is 0. The molecule has 0 aliphatic carbocycles. The van der Waals surface area contributed by atoms with Gasteiger partial charge in [0.2, 0.25) is 0 Å². The third kappa shape index (κ3) is 6.04. The van der Waals surface area contributed by atoms with Gasteiger partial charge in [-0.1, -0.05) is 19.9 Å². The average Bonchev–Trinajstić information content (AvgIpc) is 3.18. The Balaban J connectivity index is 0.00000242. The first-order chi connectivity index (χ1) is 10.2. The maximum Gasteiger partial charge on any atom is 0.191 e. The Morgan fingerprint density at radius 1 is 1.50 bits per heavy atom. The number of hydrogen-bond acceptors (Lipinski definition) is 3. The SMILES string of the molecule is CCN1CCC(CNC(=NC)NCC(C)c2cccs2)C1.I. The van der Waals surface area contributed by atoms with Crippen LogP contribution in [0.2, 0.25) is 0 Å². The molecule has 0 amide bonds. The number of halogens is 1. The summed E-state index contributed by atoms with van der Waals surface area (Å²) in [5.74, 6) is 2.19. The Hall–Kier alpha value is -0.340. The minimum absolute atomic E-state index is 0. The van der Waals surface area contributed by atoms with E-state index in [1.54, 1.807) is 0 Å². The van der Waals surface area contributed by atoms with E-state index in [0.717, 1.165) is 25.0 Å². The topological polar surface area (TPSA) is 39.7 Å². The van der Waals surface area contributed by atoms with E-state index in [4.69, 9.17) is 0 Å². The van der Waals surface area contributed by atoms with Gasteiger partial charge in [0.15, 0.2) is 5.96 Å². The van der Waals surface area contributed by atoms with Crippen LogP contribution in [-0.2, 0) is 0 Å². The number of aliphatic imine (C=N–C) groups is 1. The van der Waals surface area contributed by atoms with Crippen LogP contribution in [0, 0.1) is 5.92 Å². The van der Waals surface area contributed by atoms with E-state index in [1.807, 2.05) is 18.4 Å². The molecule has 6 heteroatoms. The van der Waals surface area contributed by atoms with Crippen molar-refractivity contribution in [2.75, 3.05) is 39.8 Å².